The van der Waals surface area contributed by atoms with E-state index >= 15 is 0 Å². The number of nitrogens with one attached hydrogen (secondary N) is 1. The molecule has 1 aliphatic heterocycles. The van der Waals surface area contributed by atoms with Crippen molar-refractivity contribution in [2.75, 3.05) is 19.8 Å². The molecule has 0 saturated carbocycles. The summed E-state index contributed by atoms with van der Waals surface area (Å²) in [5.41, 5.74) is 1.20. The lowest BCUT2D eigenvalue weighted by molar-refractivity contribution is 0.0542. The Morgan fingerprint density at radius 1 is 1.53 bits per heavy atom. The molecule has 0 amide bonds. The van der Waals surface area contributed by atoms with Crippen LogP contribution in [-0.2, 0) is 4.74 Å². The fourth-order valence-electron chi connectivity index (χ4n) is 2.41. The third-order valence-electron chi connectivity index (χ3n) is 3.34. The second-order valence-corrected chi connectivity index (χ2v) is 6.28. The number of hydrogen-bond donors (Lipinski definition) is 1. The first-order valence-electron chi connectivity index (χ1n) is 6.29. The van der Waals surface area contributed by atoms with E-state index in [-0.39, 0.29) is 0 Å². The molecule has 1 unspecified atom stereocenters. The monoisotopic (exact) mass is 273 g/mol. The normalized spacial score (nSPS) is 19.5. The zero-order valence-corrected chi connectivity index (χ0v) is 12.0. The topological polar surface area (TPSA) is 21.3 Å². The Labute approximate surface area is 112 Å². The molecule has 0 bridgehead atoms. The zero-order chi connectivity index (χ0) is 12.3. The molecular formula is C13H20ClNOS. The van der Waals surface area contributed by atoms with Crippen molar-refractivity contribution < 1.29 is 4.74 Å². The maximum absolute atomic E-state index is 6.18. The van der Waals surface area contributed by atoms with Crippen molar-refractivity contribution in [3.63, 3.8) is 0 Å². The van der Waals surface area contributed by atoms with Crippen LogP contribution in [0.25, 0.3) is 0 Å². The zero-order valence-electron chi connectivity index (χ0n) is 10.5. The highest BCUT2D eigenvalue weighted by Gasteiger charge is 2.26. The molecule has 0 aliphatic carbocycles. The number of aryl methyl sites for hydroxylation is 1. The van der Waals surface area contributed by atoms with Gasteiger partial charge in [-0.1, -0.05) is 18.5 Å². The summed E-state index contributed by atoms with van der Waals surface area (Å²) >= 11 is 7.90. The standard InChI is InChI=1S/C13H20ClNOS/c1-3-15-12(10-4-6-16-7-5-10)11-8-9(2)13(14)17-11/h8,10,12,15H,3-7H2,1-2H3. The van der Waals surface area contributed by atoms with Gasteiger partial charge in [-0.25, -0.2) is 0 Å². The Hall–Kier alpha value is -0.0900. The molecule has 1 aliphatic rings. The van der Waals surface area contributed by atoms with E-state index in [0.29, 0.717) is 12.0 Å². The summed E-state index contributed by atoms with van der Waals surface area (Å²) in [6.45, 7) is 7.02. The third-order valence-corrected chi connectivity index (χ3v) is 4.98. The van der Waals surface area contributed by atoms with Crippen molar-refractivity contribution in [1.82, 2.24) is 5.32 Å². The summed E-state index contributed by atoms with van der Waals surface area (Å²) in [7, 11) is 0. The summed E-state index contributed by atoms with van der Waals surface area (Å²) < 4.78 is 6.37. The Morgan fingerprint density at radius 2 is 2.24 bits per heavy atom. The SMILES string of the molecule is CCNC(c1cc(C)c(Cl)s1)C1CCOCC1. The van der Waals surface area contributed by atoms with E-state index in [9.17, 15) is 0 Å². The third kappa shape index (κ3) is 3.22. The van der Waals surface area contributed by atoms with Gasteiger partial charge in [-0.2, -0.15) is 0 Å². The molecule has 2 rings (SSSR count). The van der Waals surface area contributed by atoms with E-state index in [1.54, 1.807) is 11.3 Å². The van der Waals surface area contributed by atoms with Gasteiger partial charge in [-0.3, -0.25) is 0 Å². The predicted octanol–water partition coefficient (Wildman–Crippen LogP) is 3.79. The van der Waals surface area contributed by atoms with Crippen LogP contribution in [0.15, 0.2) is 6.07 Å². The van der Waals surface area contributed by atoms with Crippen molar-refractivity contribution in [3.05, 3.63) is 20.8 Å². The largest absolute Gasteiger partial charge is 0.381 e. The van der Waals surface area contributed by atoms with E-state index in [4.69, 9.17) is 16.3 Å². The molecule has 1 saturated heterocycles. The first-order valence-corrected chi connectivity index (χ1v) is 7.48. The Bertz CT molecular complexity index is 341. The van der Waals surface area contributed by atoms with Gasteiger partial charge >= 0.3 is 0 Å². The predicted molar refractivity (Wildman–Crippen MR) is 74.0 cm³/mol. The molecule has 17 heavy (non-hydrogen) atoms. The molecule has 1 fully saturated rings. The first-order chi connectivity index (χ1) is 8.22. The number of halogens is 1. The Morgan fingerprint density at radius 3 is 2.76 bits per heavy atom. The summed E-state index contributed by atoms with van der Waals surface area (Å²) in [5.74, 6) is 0.679. The molecular weight excluding hydrogens is 254 g/mol. The fraction of sp³-hybridized carbons (Fsp3) is 0.692. The van der Waals surface area contributed by atoms with Gasteiger partial charge in [0, 0.05) is 24.1 Å². The van der Waals surface area contributed by atoms with Crippen LogP contribution in [0.1, 0.15) is 36.2 Å². The minimum atomic E-state index is 0.445. The summed E-state index contributed by atoms with van der Waals surface area (Å²) in [5, 5.41) is 3.61. The van der Waals surface area contributed by atoms with Gasteiger partial charge in [-0.05, 0) is 43.9 Å². The summed E-state index contributed by atoms with van der Waals surface area (Å²) in [6, 6.07) is 2.68. The van der Waals surface area contributed by atoms with Crippen LogP contribution in [0.2, 0.25) is 4.34 Å². The van der Waals surface area contributed by atoms with Crippen LogP contribution in [0.4, 0.5) is 0 Å². The van der Waals surface area contributed by atoms with Crippen LogP contribution < -0.4 is 5.32 Å². The van der Waals surface area contributed by atoms with Crippen molar-refractivity contribution in [2.45, 2.75) is 32.7 Å². The van der Waals surface area contributed by atoms with Gasteiger partial charge in [0.2, 0.25) is 0 Å². The Kier molecular flexibility index (Phi) is 4.86. The molecule has 1 aromatic heterocycles. The molecule has 1 aromatic rings. The molecule has 96 valence electrons. The van der Waals surface area contributed by atoms with Gasteiger partial charge in [-0.15, -0.1) is 11.3 Å². The number of hydrogen-bond acceptors (Lipinski definition) is 3. The minimum absolute atomic E-state index is 0.445. The highest BCUT2D eigenvalue weighted by molar-refractivity contribution is 7.16. The van der Waals surface area contributed by atoms with Gasteiger partial charge in [0.25, 0.3) is 0 Å². The van der Waals surface area contributed by atoms with E-state index in [1.807, 2.05) is 0 Å². The van der Waals surface area contributed by atoms with Crippen molar-refractivity contribution in [2.24, 2.45) is 5.92 Å². The summed E-state index contributed by atoms with van der Waals surface area (Å²) in [4.78, 5) is 1.38. The van der Waals surface area contributed by atoms with Crippen LogP contribution >= 0.6 is 22.9 Å². The number of rotatable bonds is 4. The lowest BCUT2D eigenvalue weighted by Gasteiger charge is -2.30. The van der Waals surface area contributed by atoms with Crippen molar-refractivity contribution >= 4 is 22.9 Å². The highest BCUT2D eigenvalue weighted by Crippen LogP contribution is 2.37. The minimum Gasteiger partial charge on any atom is -0.381 e. The summed E-state index contributed by atoms with van der Waals surface area (Å²) in [6.07, 6.45) is 2.29. The van der Waals surface area contributed by atoms with Crippen molar-refractivity contribution in [1.29, 1.82) is 0 Å². The first kappa shape index (κ1) is 13.3. The van der Waals surface area contributed by atoms with Crippen LogP contribution in [0, 0.1) is 12.8 Å². The number of ether oxygens (including phenoxy) is 1. The molecule has 4 heteroatoms. The van der Waals surface area contributed by atoms with Crippen LogP contribution in [-0.4, -0.2) is 19.8 Å². The van der Waals surface area contributed by atoms with Crippen molar-refractivity contribution in [3.8, 4) is 0 Å². The average Bonchev–Trinajstić information content (AvgIpc) is 2.67. The fourth-order valence-corrected chi connectivity index (χ4v) is 3.79. The lowest BCUT2D eigenvalue weighted by atomic mass is 9.90. The second-order valence-electron chi connectivity index (χ2n) is 4.59. The Balaban J connectivity index is 2.15. The lowest BCUT2D eigenvalue weighted by Crippen LogP contribution is -2.31. The highest BCUT2D eigenvalue weighted by atomic mass is 35.5. The van der Waals surface area contributed by atoms with Crippen LogP contribution in [0.5, 0.6) is 0 Å². The van der Waals surface area contributed by atoms with Gasteiger partial charge in [0.05, 0.1) is 4.34 Å². The second kappa shape index (κ2) is 6.19. The van der Waals surface area contributed by atoms with Gasteiger partial charge in [0.1, 0.15) is 0 Å². The molecule has 0 aromatic carbocycles. The van der Waals surface area contributed by atoms with E-state index in [0.717, 1.165) is 36.9 Å². The smallest absolute Gasteiger partial charge is 0.0960 e. The van der Waals surface area contributed by atoms with Gasteiger partial charge in [0.15, 0.2) is 0 Å². The number of thiophene rings is 1. The molecule has 0 spiro atoms. The molecule has 0 radical (unpaired) electrons. The van der Waals surface area contributed by atoms with Crippen LogP contribution in [0.3, 0.4) is 0 Å². The molecule has 1 atom stereocenters. The molecule has 2 heterocycles. The van der Waals surface area contributed by atoms with E-state index in [2.05, 4.69) is 25.2 Å². The van der Waals surface area contributed by atoms with E-state index in [1.165, 1.54) is 10.4 Å². The maximum atomic E-state index is 6.18. The quantitative estimate of drug-likeness (QED) is 0.901. The molecule has 2 nitrogen and oxygen atoms in total. The average molecular weight is 274 g/mol. The van der Waals surface area contributed by atoms with Gasteiger partial charge < -0.3 is 10.1 Å². The van der Waals surface area contributed by atoms with E-state index < -0.39 is 0 Å². The molecule has 1 N–H and O–H groups in total. The maximum Gasteiger partial charge on any atom is 0.0960 e.